The minimum absolute atomic E-state index is 0.113. The summed E-state index contributed by atoms with van der Waals surface area (Å²) in [5.41, 5.74) is 0. The van der Waals surface area contributed by atoms with Crippen LogP contribution in [0.25, 0.3) is 0 Å². The Balaban J connectivity index is 3.02. The lowest BCUT2D eigenvalue weighted by atomic mass is 10.1. The maximum atomic E-state index is 10.3. The fourth-order valence-corrected chi connectivity index (χ4v) is 2.70. The van der Waals surface area contributed by atoms with Crippen molar-refractivity contribution in [1.82, 2.24) is 0 Å². The summed E-state index contributed by atoms with van der Waals surface area (Å²) in [4.78, 5) is 0. The van der Waals surface area contributed by atoms with E-state index in [1.165, 1.54) is 89.9 Å². The van der Waals surface area contributed by atoms with E-state index < -0.39 is 0 Å². The fraction of sp³-hybridized carbons (Fsp3) is 0.900. The van der Waals surface area contributed by atoms with E-state index in [0.717, 1.165) is 12.8 Å². The van der Waals surface area contributed by atoms with Crippen molar-refractivity contribution >= 4 is 0 Å². The molecule has 0 saturated heterocycles. The summed E-state index contributed by atoms with van der Waals surface area (Å²) in [7, 11) is 0. The Morgan fingerprint density at radius 3 is 1.33 bits per heavy atom. The highest BCUT2D eigenvalue weighted by Gasteiger charge is 1.91. The van der Waals surface area contributed by atoms with Crippen molar-refractivity contribution in [1.29, 1.82) is 0 Å². The van der Waals surface area contributed by atoms with Gasteiger partial charge in [-0.3, -0.25) is 0 Å². The number of hydrogen-bond acceptors (Lipinski definition) is 0. The van der Waals surface area contributed by atoms with Crippen LogP contribution in [0.5, 0.6) is 0 Å². The second kappa shape index (κ2) is 19.7. The van der Waals surface area contributed by atoms with Gasteiger partial charge in [0, 0.05) is 0 Å². The van der Waals surface area contributed by atoms with E-state index in [1.54, 1.807) is 0 Å². The lowest BCUT2D eigenvalue weighted by molar-refractivity contribution is 0.186. The van der Waals surface area contributed by atoms with Crippen molar-refractivity contribution in [3.05, 3.63) is 12.2 Å². The first-order valence-corrected chi connectivity index (χ1v) is 9.65. The molecule has 0 bridgehead atoms. The second-order valence-electron chi connectivity index (χ2n) is 6.35. The summed E-state index contributed by atoms with van der Waals surface area (Å²) in [6, 6.07) is 0. The molecule has 1 nitrogen and oxygen atoms in total. The minimum atomic E-state index is 0.113. The first-order chi connectivity index (χ1) is 10.4. The van der Waals surface area contributed by atoms with Gasteiger partial charge in [-0.2, -0.15) is 0 Å². The number of rotatable bonds is 17. The molecule has 0 atom stereocenters. The van der Waals surface area contributed by atoms with Crippen LogP contribution in [0.1, 0.15) is 110 Å². The van der Waals surface area contributed by atoms with Gasteiger partial charge in [0.15, 0.2) is 0 Å². The van der Waals surface area contributed by atoms with Crippen LogP contribution in [-0.4, -0.2) is 6.61 Å². The van der Waals surface area contributed by atoms with Crippen LogP contribution in [0, 0.1) is 0 Å². The van der Waals surface area contributed by atoms with Gasteiger partial charge >= 0.3 is 0 Å². The Kier molecular flexibility index (Phi) is 19.4. The lowest BCUT2D eigenvalue weighted by Crippen LogP contribution is -1.82. The average molecular weight is 296 g/mol. The molecule has 0 saturated carbocycles. The molecule has 1 radical (unpaired) electrons. The molecule has 0 aliphatic carbocycles. The zero-order chi connectivity index (χ0) is 15.4. The highest BCUT2D eigenvalue weighted by atomic mass is 16.2. The zero-order valence-corrected chi connectivity index (χ0v) is 14.6. The molecule has 0 aliphatic rings. The molecule has 0 aromatic rings. The Morgan fingerprint density at radius 1 is 0.524 bits per heavy atom. The van der Waals surface area contributed by atoms with Crippen LogP contribution < -0.4 is 0 Å². The molecule has 0 aromatic heterocycles. The monoisotopic (exact) mass is 295 g/mol. The summed E-state index contributed by atoms with van der Waals surface area (Å²) < 4.78 is 0. The van der Waals surface area contributed by atoms with E-state index in [0.29, 0.717) is 0 Å². The van der Waals surface area contributed by atoms with Gasteiger partial charge in [-0.15, -0.1) is 0 Å². The second-order valence-corrected chi connectivity index (χ2v) is 6.35. The molecule has 1 heteroatoms. The minimum Gasteiger partial charge on any atom is -0.237 e. The fourth-order valence-electron chi connectivity index (χ4n) is 2.70. The molecule has 125 valence electrons. The standard InChI is InChI=1S/C20H39O/c1-2-3-4-5-6-7-8-9-10-11-12-13-14-15-16-17-18-19-20-21/h11-12H,2-10,13-20H2,1H3/b12-11+. The summed E-state index contributed by atoms with van der Waals surface area (Å²) in [6.45, 7) is 2.39. The van der Waals surface area contributed by atoms with E-state index >= 15 is 0 Å². The summed E-state index contributed by atoms with van der Waals surface area (Å²) >= 11 is 0. The van der Waals surface area contributed by atoms with Crippen molar-refractivity contribution in [3.8, 4) is 0 Å². The third kappa shape index (κ3) is 19.7. The van der Waals surface area contributed by atoms with Gasteiger partial charge in [0.05, 0.1) is 6.61 Å². The van der Waals surface area contributed by atoms with Crippen LogP contribution >= 0.6 is 0 Å². The third-order valence-electron chi connectivity index (χ3n) is 4.16. The summed E-state index contributed by atoms with van der Waals surface area (Å²) in [5.74, 6) is 0. The van der Waals surface area contributed by atoms with Crippen molar-refractivity contribution < 1.29 is 5.11 Å². The molecule has 0 spiro atoms. The zero-order valence-electron chi connectivity index (χ0n) is 14.6. The SMILES string of the molecule is CCCCCCCCCC/C=C/CCCCCCCC[O]. The molecular weight excluding hydrogens is 256 g/mol. The Hall–Kier alpha value is -0.300. The molecule has 0 fully saturated rings. The van der Waals surface area contributed by atoms with Crippen LogP contribution in [0.2, 0.25) is 0 Å². The van der Waals surface area contributed by atoms with E-state index in [1.807, 2.05) is 0 Å². The van der Waals surface area contributed by atoms with Crippen LogP contribution in [0.3, 0.4) is 0 Å². The Bertz CT molecular complexity index is 198. The largest absolute Gasteiger partial charge is 0.237 e. The van der Waals surface area contributed by atoms with E-state index in [9.17, 15) is 5.11 Å². The number of unbranched alkanes of at least 4 members (excludes halogenated alkanes) is 14. The maximum Gasteiger partial charge on any atom is 0.0822 e. The molecule has 0 N–H and O–H groups in total. The lowest BCUT2D eigenvalue weighted by Gasteiger charge is -2.00. The van der Waals surface area contributed by atoms with Gasteiger partial charge in [-0.25, -0.2) is 5.11 Å². The predicted molar refractivity (Wildman–Crippen MR) is 94.2 cm³/mol. The maximum absolute atomic E-state index is 10.3. The smallest absolute Gasteiger partial charge is 0.0822 e. The molecular formula is C20H39O. The summed E-state index contributed by atoms with van der Waals surface area (Å²) in [5, 5.41) is 10.3. The molecule has 0 amide bonds. The highest BCUT2D eigenvalue weighted by molar-refractivity contribution is 4.81. The Morgan fingerprint density at radius 2 is 0.905 bits per heavy atom. The van der Waals surface area contributed by atoms with E-state index in [2.05, 4.69) is 19.1 Å². The highest BCUT2D eigenvalue weighted by Crippen LogP contribution is 2.10. The van der Waals surface area contributed by atoms with Crippen molar-refractivity contribution in [2.45, 2.75) is 110 Å². The number of allylic oxidation sites excluding steroid dienone is 2. The molecule has 0 heterocycles. The van der Waals surface area contributed by atoms with E-state index in [4.69, 9.17) is 0 Å². The average Bonchev–Trinajstić information content (AvgIpc) is 2.50. The van der Waals surface area contributed by atoms with Crippen LogP contribution in [-0.2, 0) is 5.11 Å². The van der Waals surface area contributed by atoms with Gasteiger partial charge in [0.1, 0.15) is 0 Å². The Labute approximate surface area is 134 Å². The predicted octanol–water partition coefficient (Wildman–Crippen LogP) is 7.23. The first-order valence-electron chi connectivity index (χ1n) is 9.65. The van der Waals surface area contributed by atoms with Gasteiger partial charge in [-0.05, 0) is 32.1 Å². The molecule has 0 rings (SSSR count). The normalized spacial score (nSPS) is 11.5. The molecule has 0 aliphatic heterocycles. The van der Waals surface area contributed by atoms with E-state index in [-0.39, 0.29) is 6.61 Å². The van der Waals surface area contributed by atoms with Crippen LogP contribution in [0.4, 0.5) is 0 Å². The molecule has 0 unspecified atom stereocenters. The molecule has 21 heavy (non-hydrogen) atoms. The number of hydrogen-bond donors (Lipinski definition) is 0. The van der Waals surface area contributed by atoms with Crippen molar-refractivity contribution in [2.24, 2.45) is 0 Å². The van der Waals surface area contributed by atoms with Gasteiger partial charge in [0.2, 0.25) is 0 Å². The quantitative estimate of drug-likeness (QED) is 0.199. The van der Waals surface area contributed by atoms with Crippen LogP contribution in [0.15, 0.2) is 12.2 Å². The van der Waals surface area contributed by atoms with Gasteiger partial charge < -0.3 is 0 Å². The first kappa shape index (κ1) is 20.7. The van der Waals surface area contributed by atoms with Crippen molar-refractivity contribution in [3.63, 3.8) is 0 Å². The van der Waals surface area contributed by atoms with Crippen molar-refractivity contribution in [2.75, 3.05) is 6.61 Å². The topological polar surface area (TPSA) is 19.9 Å². The summed E-state index contributed by atoms with van der Waals surface area (Å²) in [6.07, 6.45) is 25.8. The van der Waals surface area contributed by atoms with Gasteiger partial charge in [-0.1, -0.05) is 89.7 Å². The molecule has 0 aromatic carbocycles. The van der Waals surface area contributed by atoms with Gasteiger partial charge in [0.25, 0.3) is 0 Å². The third-order valence-corrected chi connectivity index (χ3v) is 4.16.